The molecule has 9 heteroatoms. The summed E-state index contributed by atoms with van der Waals surface area (Å²) in [4.78, 5) is 37.8. The van der Waals surface area contributed by atoms with Crippen LogP contribution in [0.3, 0.4) is 0 Å². The first-order valence-corrected chi connectivity index (χ1v) is 8.80. The lowest BCUT2D eigenvalue weighted by atomic mass is 10.1. The molecule has 0 unspecified atom stereocenters. The Balaban J connectivity index is 1.66. The quantitative estimate of drug-likeness (QED) is 0.478. The minimum absolute atomic E-state index is 0.0552. The predicted molar refractivity (Wildman–Crippen MR) is 97.1 cm³/mol. The maximum Gasteiger partial charge on any atom is 0.267 e. The fourth-order valence-corrected chi connectivity index (χ4v) is 3.59. The van der Waals surface area contributed by atoms with Crippen LogP contribution in [0.5, 0.6) is 0 Å². The van der Waals surface area contributed by atoms with Gasteiger partial charge in [0.1, 0.15) is 18.4 Å². The number of nitrogens with two attached hydrogens (primary N) is 1. The Bertz CT molecular complexity index is 784. The standard InChI is InChI=1S/C18H22FN5O3/c19-5-6-22-18(27)14-8-10-7-13(10)24(14)15(25)9-23-12-4-2-1-3-11(12)16(20)17(21)26/h1-4,10,13-14,20,23H,5-9H2,(H2,21,26)(H,22,27)/t10-,13-,14+/m1/s1. The van der Waals surface area contributed by atoms with Gasteiger partial charge in [-0.1, -0.05) is 18.2 Å². The molecule has 3 rings (SSSR count). The number of carbonyl (C=O) groups excluding carboxylic acids is 3. The summed E-state index contributed by atoms with van der Waals surface area (Å²) in [6.45, 7) is -0.795. The van der Waals surface area contributed by atoms with Gasteiger partial charge in [-0.25, -0.2) is 4.39 Å². The first-order valence-electron chi connectivity index (χ1n) is 8.80. The zero-order valence-electron chi connectivity index (χ0n) is 14.7. The van der Waals surface area contributed by atoms with Crippen molar-refractivity contribution in [2.45, 2.75) is 24.9 Å². The van der Waals surface area contributed by atoms with Crippen LogP contribution in [0.1, 0.15) is 18.4 Å². The molecular formula is C18H22FN5O3. The number of hydrogen-bond donors (Lipinski definition) is 4. The Morgan fingerprint density at radius 2 is 2.00 bits per heavy atom. The second kappa shape index (κ2) is 7.73. The van der Waals surface area contributed by atoms with E-state index < -0.39 is 18.6 Å². The van der Waals surface area contributed by atoms with E-state index >= 15 is 0 Å². The first kappa shape index (κ1) is 18.8. The van der Waals surface area contributed by atoms with Crippen LogP contribution in [0.2, 0.25) is 0 Å². The van der Waals surface area contributed by atoms with E-state index in [2.05, 4.69) is 10.6 Å². The van der Waals surface area contributed by atoms with Gasteiger partial charge in [0.25, 0.3) is 5.91 Å². The maximum absolute atomic E-state index is 12.7. The summed E-state index contributed by atoms with van der Waals surface area (Å²) in [5.41, 5.74) is 5.57. The molecule has 3 atom stereocenters. The fourth-order valence-electron chi connectivity index (χ4n) is 3.59. The van der Waals surface area contributed by atoms with E-state index in [1.165, 1.54) is 0 Å². The zero-order chi connectivity index (χ0) is 19.6. The van der Waals surface area contributed by atoms with Crippen molar-refractivity contribution in [2.24, 2.45) is 11.7 Å². The van der Waals surface area contributed by atoms with Gasteiger partial charge in [-0.05, 0) is 24.8 Å². The molecule has 1 aliphatic carbocycles. The molecule has 27 heavy (non-hydrogen) atoms. The molecule has 1 aliphatic heterocycles. The van der Waals surface area contributed by atoms with Crippen molar-refractivity contribution < 1.29 is 18.8 Å². The van der Waals surface area contributed by atoms with Crippen LogP contribution in [0.4, 0.5) is 10.1 Å². The zero-order valence-corrected chi connectivity index (χ0v) is 14.7. The van der Waals surface area contributed by atoms with Crippen molar-refractivity contribution >= 4 is 29.1 Å². The monoisotopic (exact) mass is 375 g/mol. The molecule has 0 spiro atoms. The molecule has 3 amide bonds. The van der Waals surface area contributed by atoms with E-state index in [1.54, 1.807) is 29.2 Å². The molecule has 1 aromatic rings. The number of piperidine rings is 1. The number of carbonyl (C=O) groups is 3. The Morgan fingerprint density at radius 3 is 2.70 bits per heavy atom. The lowest BCUT2D eigenvalue weighted by molar-refractivity contribution is -0.138. The second-order valence-electron chi connectivity index (χ2n) is 6.73. The number of rotatable bonds is 8. The summed E-state index contributed by atoms with van der Waals surface area (Å²) in [6.07, 6.45) is 1.47. The van der Waals surface area contributed by atoms with Gasteiger partial charge in [0.2, 0.25) is 11.8 Å². The molecule has 5 N–H and O–H groups in total. The number of halogens is 1. The molecule has 0 radical (unpaired) electrons. The van der Waals surface area contributed by atoms with E-state index in [4.69, 9.17) is 11.1 Å². The molecule has 2 aliphatic rings. The second-order valence-corrected chi connectivity index (χ2v) is 6.73. The summed E-state index contributed by atoms with van der Waals surface area (Å²) in [7, 11) is 0. The highest BCUT2D eigenvalue weighted by Crippen LogP contribution is 2.47. The Labute approximate surface area is 155 Å². The van der Waals surface area contributed by atoms with Crippen LogP contribution in [-0.4, -0.2) is 60.2 Å². The van der Waals surface area contributed by atoms with Gasteiger partial charge in [-0.15, -0.1) is 0 Å². The molecule has 1 heterocycles. The predicted octanol–water partition coefficient (Wildman–Crippen LogP) is 0.0268. The number of primary amides is 1. The summed E-state index contributed by atoms with van der Waals surface area (Å²) in [6, 6.07) is 6.08. The van der Waals surface area contributed by atoms with Gasteiger partial charge in [-0.2, -0.15) is 0 Å². The normalized spacial score (nSPS) is 22.7. The average Bonchev–Trinajstić information content (AvgIpc) is 3.33. The van der Waals surface area contributed by atoms with Crippen LogP contribution in [0.25, 0.3) is 0 Å². The Hall–Kier alpha value is -2.97. The summed E-state index contributed by atoms with van der Waals surface area (Å²) in [5, 5.41) is 13.2. The van der Waals surface area contributed by atoms with E-state index in [-0.39, 0.29) is 36.7 Å². The van der Waals surface area contributed by atoms with Gasteiger partial charge < -0.3 is 21.3 Å². The fraction of sp³-hybridized carbons (Fsp3) is 0.444. The number of alkyl halides is 1. The number of likely N-dealkylation sites (tertiary alicyclic amines) is 1. The number of amides is 3. The number of benzene rings is 1. The summed E-state index contributed by atoms with van der Waals surface area (Å²) in [5.74, 6) is -1.11. The molecule has 2 fully saturated rings. The molecular weight excluding hydrogens is 353 g/mol. The SMILES string of the molecule is N=C(C(N)=O)c1ccccc1NCC(=O)N1[C@@H]2C[C@@H]2C[C@H]1C(=O)NCCF. The van der Waals surface area contributed by atoms with E-state index in [0.29, 0.717) is 23.6 Å². The van der Waals surface area contributed by atoms with E-state index in [0.717, 1.165) is 6.42 Å². The third-order valence-corrected chi connectivity index (χ3v) is 4.96. The van der Waals surface area contributed by atoms with Crippen molar-refractivity contribution in [3.8, 4) is 0 Å². The smallest absolute Gasteiger partial charge is 0.267 e. The highest BCUT2D eigenvalue weighted by atomic mass is 19.1. The van der Waals surface area contributed by atoms with Crippen molar-refractivity contribution in [1.29, 1.82) is 5.41 Å². The van der Waals surface area contributed by atoms with Crippen molar-refractivity contribution in [3.05, 3.63) is 29.8 Å². The highest BCUT2D eigenvalue weighted by Gasteiger charge is 2.55. The Morgan fingerprint density at radius 1 is 1.26 bits per heavy atom. The van der Waals surface area contributed by atoms with Crippen molar-refractivity contribution in [1.82, 2.24) is 10.2 Å². The molecule has 8 nitrogen and oxygen atoms in total. The summed E-state index contributed by atoms with van der Waals surface area (Å²) < 4.78 is 12.3. The molecule has 0 bridgehead atoms. The van der Waals surface area contributed by atoms with Crippen molar-refractivity contribution in [3.63, 3.8) is 0 Å². The largest absolute Gasteiger partial charge is 0.376 e. The van der Waals surface area contributed by atoms with Gasteiger partial charge in [-0.3, -0.25) is 19.8 Å². The number of anilines is 1. The topological polar surface area (TPSA) is 128 Å². The average molecular weight is 375 g/mol. The third-order valence-electron chi connectivity index (χ3n) is 4.96. The summed E-state index contributed by atoms with van der Waals surface area (Å²) >= 11 is 0. The minimum Gasteiger partial charge on any atom is -0.376 e. The van der Waals surface area contributed by atoms with Crippen LogP contribution >= 0.6 is 0 Å². The number of nitrogens with one attached hydrogen (secondary N) is 3. The van der Waals surface area contributed by atoms with E-state index in [9.17, 15) is 18.8 Å². The maximum atomic E-state index is 12.7. The van der Waals surface area contributed by atoms with Gasteiger partial charge in [0, 0.05) is 23.8 Å². The Kier molecular flexibility index (Phi) is 5.38. The van der Waals surface area contributed by atoms with Gasteiger partial charge in [0.05, 0.1) is 6.54 Å². The lowest BCUT2D eigenvalue weighted by Gasteiger charge is -2.27. The van der Waals surface area contributed by atoms with Crippen LogP contribution in [-0.2, 0) is 14.4 Å². The molecule has 1 saturated heterocycles. The number of nitrogens with zero attached hydrogens (tertiary/aromatic N) is 1. The lowest BCUT2D eigenvalue weighted by Crippen LogP contribution is -2.49. The number of hydrogen-bond acceptors (Lipinski definition) is 5. The van der Waals surface area contributed by atoms with E-state index in [1.807, 2.05) is 0 Å². The molecule has 1 saturated carbocycles. The highest BCUT2D eigenvalue weighted by molar-refractivity contribution is 6.44. The minimum atomic E-state index is -0.861. The number of para-hydroxylation sites is 1. The molecule has 144 valence electrons. The van der Waals surface area contributed by atoms with Crippen molar-refractivity contribution in [2.75, 3.05) is 25.1 Å². The first-order chi connectivity index (χ1) is 12.9. The van der Waals surface area contributed by atoms with Gasteiger partial charge in [0.15, 0.2) is 0 Å². The van der Waals surface area contributed by atoms with Crippen LogP contribution < -0.4 is 16.4 Å². The van der Waals surface area contributed by atoms with Crippen LogP contribution in [0.15, 0.2) is 24.3 Å². The molecule has 1 aromatic carbocycles. The van der Waals surface area contributed by atoms with Gasteiger partial charge >= 0.3 is 0 Å². The van der Waals surface area contributed by atoms with Crippen LogP contribution in [0, 0.1) is 11.3 Å². The number of fused-ring (bicyclic) bond motifs is 1. The molecule has 0 aromatic heterocycles. The third kappa shape index (κ3) is 3.91.